The first-order chi connectivity index (χ1) is 26.2. The minimum Gasteiger partial charge on any atom is -0.456 e. The fraction of sp³-hybridized carbons (Fsp3) is 0. The van der Waals surface area contributed by atoms with Crippen LogP contribution in [0.2, 0.25) is 0 Å². The maximum absolute atomic E-state index is 6.49. The number of thiazole rings is 1. The lowest BCUT2D eigenvalue weighted by molar-refractivity contribution is 0.669. The molecule has 0 spiro atoms. The van der Waals surface area contributed by atoms with Gasteiger partial charge in [0.05, 0.1) is 10.2 Å². The average molecular weight is 699 g/mol. The zero-order valence-corrected chi connectivity index (χ0v) is 28.8. The molecule has 0 N–H and O–H groups in total. The van der Waals surface area contributed by atoms with Crippen LogP contribution >= 0.6 is 11.3 Å². The van der Waals surface area contributed by atoms with Gasteiger partial charge in [0.25, 0.3) is 0 Å². The Bertz CT molecular complexity index is 3160. The van der Waals surface area contributed by atoms with Gasteiger partial charge in [-0.3, -0.25) is 0 Å². The van der Waals surface area contributed by atoms with Crippen molar-refractivity contribution in [2.75, 3.05) is 0 Å². The van der Waals surface area contributed by atoms with Gasteiger partial charge in [0, 0.05) is 49.9 Å². The molecule has 0 radical (unpaired) electrons. The van der Waals surface area contributed by atoms with Crippen LogP contribution in [0.4, 0.5) is 0 Å². The molecule has 7 heteroatoms. The monoisotopic (exact) mass is 698 g/mol. The van der Waals surface area contributed by atoms with E-state index < -0.39 is 0 Å². The third kappa shape index (κ3) is 5.01. The number of fused-ring (bicyclic) bond motifs is 7. The van der Waals surface area contributed by atoms with Gasteiger partial charge in [0.2, 0.25) is 0 Å². The predicted molar refractivity (Wildman–Crippen MR) is 215 cm³/mol. The smallest absolute Gasteiger partial charge is 0.164 e. The van der Waals surface area contributed by atoms with E-state index in [-0.39, 0.29) is 0 Å². The first-order valence-corrected chi connectivity index (χ1v) is 18.2. The van der Waals surface area contributed by atoms with E-state index in [1.807, 2.05) is 78.9 Å². The van der Waals surface area contributed by atoms with Crippen LogP contribution in [-0.2, 0) is 0 Å². The highest BCUT2D eigenvalue weighted by Gasteiger charge is 2.20. The Balaban J connectivity index is 1.05. The third-order valence-electron chi connectivity index (χ3n) is 9.79. The van der Waals surface area contributed by atoms with Crippen LogP contribution in [0, 0.1) is 0 Å². The second-order valence-corrected chi connectivity index (χ2v) is 14.1. The molecule has 6 nitrogen and oxygen atoms in total. The van der Waals surface area contributed by atoms with E-state index in [9.17, 15) is 0 Å². The molecule has 248 valence electrons. The summed E-state index contributed by atoms with van der Waals surface area (Å²) in [6.07, 6.45) is 0. The first kappa shape index (κ1) is 29.7. The lowest BCUT2D eigenvalue weighted by Gasteiger charge is -2.09. The lowest BCUT2D eigenvalue weighted by Crippen LogP contribution is -2.00. The maximum Gasteiger partial charge on any atom is 0.164 e. The number of aromatic nitrogens is 4. The highest BCUT2D eigenvalue weighted by atomic mass is 32.1. The first-order valence-electron chi connectivity index (χ1n) is 17.4. The molecular weight excluding hydrogens is 673 g/mol. The Morgan fingerprint density at radius 3 is 1.81 bits per heavy atom. The van der Waals surface area contributed by atoms with Crippen LogP contribution < -0.4 is 0 Å². The van der Waals surface area contributed by atoms with E-state index in [0.717, 1.165) is 81.4 Å². The van der Waals surface area contributed by atoms with E-state index in [4.69, 9.17) is 28.8 Å². The van der Waals surface area contributed by atoms with Crippen molar-refractivity contribution in [1.82, 2.24) is 19.9 Å². The van der Waals surface area contributed by atoms with Crippen molar-refractivity contribution in [3.8, 4) is 55.9 Å². The third-order valence-corrected chi connectivity index (χ3v) is 10.9. The summed E-state index contributed by atoms with van der Waals surface area (Å²) in [6.45, 7) is 0. The van der Waals surface area contributed by atoms with E-state index in [1.54, 1.807) is 11.3 Å². The van der Waals surface area contributed by atoms with E-state index in [0.29, 0.717) is 17.5 Å². The topological polar surface area (TPSA) is 77.8 Å². The fourth-order valence-electron chi connectivity index (χ4n) is 7.20. The maximum atomic E-state index is 6.49. The van der Waals surface area contributed by atoms with Crippen LogP contribution in [0.15, 0.2) is 167 Å². The molecule has 0 aliphatic heterocycles. The zero-order valence-electron chi connectivity index (χ0n) is 28.0. The molecular formula is C46H26N4O2S. The second kappa shape index (κ2) is 11.8. The fourth-order valence-corrected chi connectivity index (χ4v) is 8.19. The van der Waals surface area contributed by atoms with Crippen molar-refractivity contribution >= 4 is 65.4 Å². The molecule has 0 atom stereocenters. The number of nitrogens with zero attached hydrogens (tertiary/aromatic N) is 4. The highest BCUT2D eigenvalue weighted by Crippen LogP contribution is 2.41. The molecule has 53 heavy (non-hydrogen) atoms. The van der Waals surface area contributed by atoms with Crippen molar-refractivity contribution in [3.63, 3.8) is 0 Å². The summed E-state index contributed by atoms with van der Waals surface area (Å²) in [5, 5.41) is 5.04. The Hall–Kier alpha value is -6.96. The number of rotatable bonds is 5. The summed E-state index contributed by atoms with van der Waals surface area (Å²) < 4.78 is 13.8. The molecule has 0 aliphatic carbocycles. The average Bonchev–Trinajstić information content (AvgIpc) is 3.93. The molecule has 0 aliphatic rings. The standard InChI is InChI=1S/C46H26N4O2S/c1-3-10-27(11-4-1)28-18-20-30(21-19-28)46-47-36-26-40-35(25-41(36)53-46)42-34(15-9-17-38(42)52-40)45-49-43(29-12-5-2-6-13-29)48-44(50-45)31-22-23-33-32-14-7-8-16-37(32)51-39(33)24-31/h1-26H. The molecule has 0 saturated carbocycles. The molecule has 0 unspecified atom stereocenters. The molecule has 4 aromatic heterocycles. The summed E-state index contributed by atoms with van der Waals surface area (Å²) in [7, 11) is 0. The normalized spacial score (nSPS) is 11.8. The van der Waals surface area contributed by atoms with Gasteiger partial charge in [0.15, 0.2) is 17.5 Å². The quantitative estimate of drug-likeness (QED) is 0.178. The van der Waals surface area contributed by atoms with Gasteiger partial charge in [-0.05, 0) is 41.5 Å². The molecule has 0 amide bonds. The number of hydrogen-bond acceptors (Lipinski definition) is 7. The van der Waals surface area contributed by atoms with Gasteiger partial charge in [0.1, 0.15) is 27.3 Å². The number of para-hydroxylation sites is 1. The van der Waals surface area contributed by atoms with Crippen LogP contribution in [0.3, 0.4) is 0 Å². The molecule has 11 aromatic rings. The van der Waals surface area contributed by atoms with Crippen LogP contribution in [0.5, 0.6) is 0 Å². The van der Waals surface area contributed by atoms with Gasteiger partial charge in [-0.1, -0.05) is 121 Å². The summed E-state index contributed by atoms with van der Waals surface area (Å²) in [4.78, 5) is 20.2. The Kier molecular flexibility index (Phi) is 6.62. The van der Waals surface area contributed by atoms with E-state index >= 15 is 0 Å². The van der Waals surface area contributed by atoms with E-state index in [1.165, 1.54) is 11.1 Å². The van der Waals surface area contributed by atoms with Crippen LogP contribution in [0.1, 0.15) is 0 Å². The van der Waals surface area contributed by atoms with Gasteiger partial charge in [-0.15, -0.1) is 11.3 Å². The number of benzene rings is 7. The minimum atomic E-state index is 0.564. The Labute approximate surface area is 306 Å². The number of hydrogen-bond donors (Lipinski definition) is 0. The largest absolute Gasteiger partial charge is 0.456 e. The van der Waals surface area contributed by atoms with Gasteiger partial charge in [-0.25, -0.2) is 19.9 Å². The molecule has 11 rings (SSSR count). The molecule has 4 heterocycles. The SMILES string of the molecule is c1ccc(-c2ccc(-c3nc4cc5oc6cccc(-c7nc(-c8ccccc8)nc(-c8ccc9c(c8)oc8ccccc89)n7)c6c5cc4s3)cc2)cc1. The molecule has 0 fully saturated rings. The summed E-state index contributed by atoms with van der Waals surface area (Å²) in [6, 6.07) is 53.6. The van der Waals surface area contributed by atoms with Crippen LogP contribution in [0.25, 0.3) is 110 Å². The van der Waals surface area contributed by atoms with Gasteiger partial charge < -0.3 is 8.83 Å². The molecule has 0 bridgehead atoms. The molecule has 0 saturated heterocycles. The van der Waals surface area contributed by atoms with Crippen molar-refractivity contribution in [2.45, 2.75) is 0 Å². The van der Waals surface area contributed by atoms with E-state index in [2.05, 4.69) is 78.9 Å². The minimum absolute atomic E-state index is 0.564. The summed E-state index contributed by atoms with van der Waals surface area (Å²) in [5.74, 6) is 1.72. The Morgan fingerprint density at radius 1 is 0.377 bits per heavy atom. The van der Waals surface area contributed by atoms with Crippen molar-refractivity contribution < 1.29 is 8.83 Å². The lowest BCUT2D eigenvalue weighted by atomic mass is 10.0. The molecule has 7 aromatic carbocycles. The van der Waals surface area contributed by atoms with Crippen molar-refractivity contribution in [1.29, 1.82) is 0 Å². The predicted octanol–water partition coefficient (Wildman–Crippen LogP) is 12.6. The Morgan fingerprint density at radius 2 is 0.981 bits per heavy atom. The second-order valence-electron chi connectivity index (χ2n) is 13.0. The zero-order chi connectivity index (χ0) is 34.9. The highest BCUT2D eigenvalue weighted by molar-refractivity contribution is 7.21. The van der Waals surface area contributed by atoms with Crippen molar-refractivity contribution in [2.24, 2.45) is 0 Å². The van der Waals surface area contributed by atoms with Gasteiger partial charge >= 0.3 is 0 Å². The summed E-state index contributed by atoms with van der Waals surface area (Å²) >= 11 is 1.68. The number of furan rings is 2. The van der Waals surface area contributed by atoms with Crippen LogP contribution in [-0.4, -0.2) is 19.9 Å². The summed E-state index contributed by atoms with van der Waals surface area (Å²) in [5.41, 5.74) is 10.1. The van der Waals surface area contributed by atoms with Gasteiger partial charge in [-0.2, -0.15) is 0 Å². The van der Waals surface area contributed by atoms with Crippen molar-refractivity contribution in [3.05, 3.63) is 158 Å².